The van der Waals surface area contributed by atoms with Crippen LogP contribution in [0.1, 0.15) is 64.0 Å². The molecule has 0 atom stereocenters. The minimum absolute atomic E-state index is 0.0516. The van der Waals surface area contributed by atoms with Crippen LogP contribution < -0.4 is 15.0 Å². The number of benzene rings is 1. The van der Waals surface area contributed by atoms with Gasteiger partial charge in [0.2, 0.25) is 0 Å². The van der Waals surface area contributed by atoms with E-state index in [1.807, 2.05) is 39.0 Å². The van der Waals surface area contributed by atoms with Gasteiger partial charge >= 0.3 is 0 Å². The molecule has 8 heteroatoms. The van der Waals surface area contributed by atoms with Crippen molar-refractivity contribution < 1.29 is 14.3 Å². The Morgan fingerprint density at radius 1 is 1.02 bits per heavy atom. The van der Waals surface area contributed by atoms with Gasteiger partial charge in [0.25, 0.3) is 11.5 Å². The average Bonchev–Trinajstić information content (AvgIpc) is 2.93. The predicted octanol–water partition coefficient (Wildman–Crippen LogP) is 4.82. The predicted molar refractivity (Wildman–Crippen MR) is 156 cm³/mol. The molecule has 8 nitrogen and oxygen atoms in total. The maximum Gasteiger partial charge on any atom is 0.254 e. The molecule has 5 rings (SSSR count). The lowest BCUT2D eigenvalue weighted by molar-refractivity contribution is 0.0722. The molecule has 1 amide bonds. The number of pyridine rings is 2. The largest absolute Gasteiger partial charge is 0.492 e. The van der Waals surface area contributed by atoms with Gasteiger partial charge in [-0.1, -0.05) is 0 Å². The van der Waals surface area contributed by atoms with E-state index in [0.717, 1.165) is 59.2 Å². The van der Waals surface area contributed by atoms with Crippen molar-refractivity contribution >= 4 is 5.91 Å². The third kappa shape index (κ3) is 5.24. The van der Waals surface area contributed by atoms with Gasteiger partial charge < -0.3 is 24.3 Å². The molecule has 3 aromatic rings. The van der Waals surface area contributed by atoms with Crippen LogP contribution in [0.2, 0.25) is 0 Å². The maximum absolute atomic E-state index is 14.2. The number of H-pyrrole nitrogens is 1. The van der Waals surface area contributed by atoms with Gasteiger partial charge in [0.15, 0.2) is 11.5 Å². The molecule has 0 unspecified atom stereocenters. The zero-order chi connectivity index (χ0) is 28.6. The van der Waals surface area contributed by atoms with E-state index in [1.165, 1.54) is 0 Å². The first-order valence-corrected chi connectivity index (χ1v) is 14.1. The van der Waals surface area contributed by atoms with Gasteiger partial charge in [-0.2, -0.15) is 0 Å². The zero-order valence-electron chi connectivity index (χ0n) is 24.5. The lowest BCUT2D eigenvalue weighted by atomic mass is 9.85. The van der Waals surface area contributed by atoms with Gasteiger partial charge in [-0.25, -0.2) is 0 Å². The van der Waals surface area contributed by atoms with Crippen molar-refractivity contribution in [1.29, 1.82) is 0 Å². The van der Waals surface area contributed by atoms with E-state index >= 15 is 0 Å². The standard InChI is InChI=1S/C32H40N4O4/c1-19-17-20(2)34-31(37)26(19)18-36-16-13-25-27(32(36)38)21(3)29(40-24-9-7-23(8-10-24)35(4)5)30(39-6)28(25)22-11-14-33-15-12-22/h11-12,14-15,17,23-24H,7-10,13,16,18H2,1-6H3,(H,34,37)/t23-,24-. The van der Waals surface area contributed by atoms with Crippen LogP contribution in [0.3, 0.4) is 0 Å². The van der Waals surface area contributed by atoms with Crippen LogP contribution in [0.25, 0.3) is 11.1 Å². The van der Waals surface area contributed by atoms with Crippen molar-refractivity contribution in [1.82, 2.24) is 19.8 Å². The second-order valence-corrected chi connectivity index (χ2v) is 11.4. The van der Waals surface area contributed by atoms with E-state index in [0.29, 0.717) is 41.6 Å². The summed E-state index contributed by atoms with van der Waals surface area (Å²) in [5, 5.41) is 0. The summed E-state index contributed by atoms with van der Waals surface area (Å²) in [4.78, 5) is 38.1. The maximum atomic E-state index is 14.2. The fourth-order valence-electron chi connectivity index (χ4n) is 6.36. The van der Waals surface area contributed by atoms with Crippen molar-refractivity contribution in [3.63, 3.8) is 0 Å². The topological polar surface area (TPSA) is 87.8 Å². The lowest BCUT2D eigenvalue weighted by Gasteiger charge is -2.35. The number of nitrogens with one attached hydrogen (secondary N) is 1. The summed E-state index contributed by atoms with van der Waals surface area (Å²) in [6, 6.07) is 6.41. The first-order valence-electron chi connectivity index (χ1n) is 14.1. The molecule has 1 aliphatic carbocycles. The smallest absolute Gasteiger partial charge is 0.254 e. The number of aromatic amines is 1. The van der Waals surface area contributed by atoms with E-state index in [-0.39, 0.29) is 24.1 Å². The SMILES string of the molecule is COc1c(O[C@H]2CC[C@H](N(C)C)CC2)c(C)c2c(c1-c1ccncc1)CCN(Cc1c(C)cc(C)[nH]c1=O)C2=O. The van der Waals surface area contributed by atoms with Crippen LogP contribution in [0.5, 0.6) is 11.5 Å². The fourth-order valence-corrected chi connectivity index (χ4v) is 6.36. The molecule has 212 valence electrons. The Morgan fingerprint density at radius 2 is 1.73 bits per heavy atom. The summed E-state index contributed by atoms with van der Waals surface area (Å²) in [7, 11) is 5.94. The highest BCUT2D eigenvalue weighted by Gasteiger charge is 2.35. The van der Waals surface area contributed by atoms with E-state index in [2.05, 4.69) is 29.0 Å². The summed E-state index contributed by atoms with van der Waals surface area (Å²) in [6.07, 6.45) is 8.24. The molecule has 2 aliphatic rings. The number of carbonyl (C=O) groups is 1. The Kier molecular flexibility index (Phi) is 7.99. The monoisotopic (exact) mass is 544 g/mol. The van der Waals surface area contributed by atoms with E-state index < -0.39 is 0 Å². The molecule has 1 N–H and O–H groups in total. The molecule has 1 aliphatic heterocycles. The van der Waals surface area contributed by atoms with Crippen LogP contribution in [-0.2, 0) is 13.0 Å². The van der Waals surface area contributed by atoms with Gasteiger partial charge in [-0.3, -0.25) is 14.6 Å². The Hall–Kier alpha value is -3.65. The van der Waals surface area contributed by atoms with Crippen molar-refractivity contribution in [2.45, 2.75) is 71.6 Å². The van der Waals surface area contributed by atoms with Crippen LogP contribution in [0.15, 0.2) is 35.4 Å². The molecule has 0 radical (unpaired) electrons. The van der Waals surface area contributed by atoms with Crippen molar-refractivity contribution in [2.75, 3.05) is 27.7 Å². The number of aryl methyl sites for hydroxylation is 2. The zero-order valence-corrected chi connectivity index (χ0v) is 24.5. The summed E-state index contributed by atoms with van der Waals surface area (Å²) >= 11 is 0. The molecule has 2 aromatic heterocycles. The number of aromatic nitrogens is 2. The van der Waals surface area contributed by atoms with Crippen molar-refractivity contribution in [3.8, 4) is 22.6 Å². The number of rotatable bonds is 7. The fraction of sp³-hybridized carbons (Fsp3) is 0.469. The van der Waals surface area contributed by atoms with Crippen molar-refractivity contribution in [2.24, 2.45) is 0 Å². The van der Waals surface area contributed by atoms with Crippen LogP contribution >= 0.6 is 0 Å². The molecular weight excluding hydrogens is 504 g/mol. The average molecular weight is 545 g/mol. The first-order chi connectivity index (χ1) is 19.2. The molecule has 1 aromatic carbocycles. The van der Waals surface area contributed by atoms with Gasteiger partial charge in [-0.05, 0) is 102 Å². The quantitative estimate of drug-likeness (QED) is 0.459. The number of hydrogen-bond donors (Lipinski definition) is 1. The first kappa shape index (κ1) is 27.9. The van der Waals surface area contributed by atoms with Crippen LogP contribution in [0.4, 0.5) is 0 Å². The van der Waals surface area contributed by atoms with Crippen LogP contribution in [-0.4, -0.2) is 65.6 Å². The third-order valence-electron chi connectivity index (χ3n) is 8.56. The number of methoxy groups -OCH3 is 1. The van der Waals surface area contributed by atoms with Gasteiger partial charge in [0.1, 0.15) is 0 Å². The van der Waals surface area contributed by atoms with E-state index in [9.17, 15) is 9.59 Å². The molecule has 0 bridgehead atoms. The Labute approximate surface area is 236 Å². The summed E-state index contributed by atoms with van der Waals surface area (Å²) in [6.45, 7) is 6.53. The molecule has 1 fully saturated rings. The Morgan fingerprint density at radius 3 is 2.35 bits per heavy atom. The highest BCUT2D eigenvalue weighted by Crippen LogP contribution is 2.48. The molecule has 1 saturated carbocycles. The minimum atomic E-state index is -0.141. The molecular formula is C32H40N4O4. The number of ether oxygens (including phenoxy) is 2. The van der Waals surface area contributed by atoms with E-state index in [4.69, 9.17) is 9.47 Å². The molecule has 40 heavy (non-hydrogen) atoms. The van der Waals surface area contributed by atoms with Crippen molar-refractivity contribution in [3.05, 3.63) is 74.5 Å². The third-order valence-corrected chi connectivity index (χ3v) is 8.56. The molecule has 3 heterocycles. The van der Waals surface area contributed by atoms with Gasteiger partial charge in [0.05, 0.1) is 25.3 Å². The highest BCUT2D eigenvalue weighted by molar-refractivity contribution is 6.02. The number of nitrogens with zero attached hydrogens (tertiary/aromatic N) is 3. The minimum Gasteiger partial charge on any atom is -0.492 e. The number of amides is 1. The van der Waals surface area contributed by atoms with Crippen LogP contribution in [0, 0.1) is 20.8 Å². The Balaban J connectivity index is 1.58. The van der Waals surface area contributed by atoms with Gasteiger partial charge in [0, 0.05) is 47.4 Å². The van der Waals surface area contributed by atoms with E-state index in [1.54, 1.807) is 24.4 Å². The lowest BCUT2D eigenvalue weighted by Crippen LogP contribution is -2.40. The summed E-state index contributed by atoms with van der Waals surface area (Å²) in [5.41, 5.74) is 6.42. The highest BCUT2D eigenvalue weighted by atomic mass is 16.5. The second-order valence-electron chi connectivity index (χ2n) is 11.4. The number of hydrogen-bond acceptors (Lipinski definition) is 6. The number of fused-ring (bicyclic) bond motifs is 1. The summed E-state index contributed by atoms with van der Waals surface area (Å²) < 4.78 is 12.8. The number of carbonyl (C=O) groups excluding carboxylic acids is 1. The summed E-state index contributed by atoms with van der Waals surface area (Å²) in [5.74, 6) is 1.22. The molecule has 0 saturated heterocycles. The normalized spacial score (nSPS) is 19.1. The molecule has 0 spiro atoms. The second kappa shape index (κ2) is 11.5. The Bertz CT molecular complexity index is 1460. The van der Waals surface area contributed by atoms with Gasteiger partial charge in [-0.15, -0.1) is 0 Å².